The summed E-state index contributed by atoms with van der Waals surface area (Å²) in [5.74, 6) is -8.92. The molecule has 0 radical (unpaired) electrons. The maximum absolute atomic E-state index is 15.3. The first-order valence-electron chi connectivity index (χ1n) is 34.1. The number of hydrogen-bond acceptors (Lipinski definition) is 12. The number of carbonyl (C=O) groups is 12. The molecule has 2 heterocycles. The number of piperidine rings is 1. The molecule has 3 aromatic carbocycles. The molecule has 8 atom stereocenters. The number of likely N-dealkylation sites (tertiary alicyclic amines) is 1. The highest BCUT2D eigenvalue weighted by Crippen LogP contribution is 2.24. The molecular weight excluding hydrogens is 1360 g/mol. The van der Waals surface area contributed by atoms with Gasteiger partial charge in [0.25, 0.3) is 0 Å². The fourth-order valence-corrected chi connectivity index (χ4v) is 12.7. The first-order chi connectivity index (χ1) is 46.0. The van der Waals surface area contributed by atoms with E-state index in [1.165, 1.54) is 82.8 Å². The second kappa shape index (κ2) is 36.7. The molecule has 12 amide bonds. The topological polar surface area (TPSA) is 279 Å². The zero-order chi connectivity index (χ0) is 73.2. The summed E-state index contributed by atoms with van der Waals surface area (Å²) in [7, 11) is 9.85. The summed E-state index contributed by atoms with van der Waals surface area (Å²) in [6, 6.07) is 12.9. The smallest absolute Gasteiger partial charge is 0.246 e. The predicted molar refractivity (Wildman–Crippen MR) is 383 cm³/mol. The Bertz CT molecular complexity index is 3340. The summed E-state index contributed by atoms with van der Waals surface area (Å²) in [5, 5.41) is 11.6. The third-order valence-electron chi connectivity index (χ3n) is 19.1. The van der Waals surface area contributed by atoms with Crippen molar-refractivity contribution >= 4 is 93.5 Å². The quantitative estimate of drug-likeness (QED) is 0.172. The molecule has 1 unspecified atom stereocenters. The number of nitrogens with zero attached hydrogens (tertiary/aromatic N) is 8. The number of aryl methyl sites for hydroxylation is 2. The Morgan fingerprint density at radius 3 is 1.76 bits per heavy atom. The molecule has 0 aromatic heterocycles. The van der Waals surface area contributed by atoms with Gasteiger partial charge in [0.15, 0.2) is 0 Å². The predicted octanol–water partition coefficient (Wildman–Crippen LogP) is 4.52. The fourth-order valence-electron chi connectivity index (χ4n) is 12.1. The van der Waals surface area contributed by atoms with Crippen LogP contribution in [-0.4, -0.2) is 240 Å². The van der Waals surface area contributed by atoms with Gasteiger partial charge in [-0.2, -0.15) is 0 Å². The van der Waals surface area contributed by atoms with Gasteiger partial charge in [0.05, 0.1) is 26.1 Å². The zero-order valence-corrected chi connectivity index (χ0v) is 62.8. The second-order valence-electron chi connectivity index (χ2n) is 28.2. The van der Waals surface area contributed by atoms with Crippen LogP contribution >= 0.6 is 22.6 Å². The molecule has 5 rings (SSSR count). The SMILES string of the molecule is CC[C@H](C)[C@@H]1NC(=O)[C@H](CC(C)C)N(C)C(=O)CC(C(=O)N2CCCCC2)N(C)C(=O)[C@H](CC(C)C)NC(=O)C(C)(C)N(C)C(=O)[C@H](Cc2ccccc2C)NC(=O)[C@H](Cc2cccc(I)c2)NC(=O)CN(C)C(=O)[C@H](Cc2ccc(C)cc2)N(C)C(=O)CN(C)C(=O)CN(C)C1=O. The number of nitrogens with one attached hydrogen (secondary N) is 4. The van der Waals surface area contributed by atoms with Crippen molar-refractivity contribution in [1.29, 1.82) is 0 Å². The minimum absolute atomic E-state index is 0.000724. The molecule has 4 N–H and O–H groups in total. The van der Waals surface area contributed by atoms with Crippen molar-refractivity contribution in [1.82, 2.24) is 60.5 Å². The Balaban J connectivity index is 1.65. The number of benzene rings is 3. The van der Waals surface area contributed by atoms with Crippen LogP contribution in [0.5, 0.6) is 0 Å². The van der Waals surface area contributed by atoms with Crippen molar-refractivity contribution < 1.29 is 57.5 Å². The minimum atomic E-state index is -1.74. The molecule has 0 saturated carbocycles. The fraction of sp³-hybridized carbons (Fsp3) is 0.589. The Hall–Kier alpha value is -7.97. The first-order valence-corrected chi connectivity index (χ1v) is 35.2. The summed E-state index contributed by atoms with van der Waals surface area (Å²) in [4.78, 5) is 188. The highest BCUT2D eigenvalue weighted by atomic mass is 127. The molecule has 3 aromatic rings. The van der Waals surface area contributed by atoms with Crippen molar-refractivity contribution in [2.45, 2.75) is 181 Å². The number of carbonyl (C=O) groups excluding carboxylic acids is 12. The van der Waals surface area contributed by atoms with E-state index in [2.05, 4.69) is 43.9 Å². The van der Waals surface area contributed by atoms with Gasteiger partial charge in [-0.15, -0.1) is 0 Å². The van der Waals surface area contributed by atoms with Crippen LogP contribution in [0.2, 0.25) is 0 Å². The summed E-state index contributed by atoms with van der Waals surface area (Å²) >= 11 is 2.14. The lowest BCUT2D eigenvalue weighted by molar-refractivity contribution is -0.152. The molecule has 2 fully saturated rings. The second-order valence-corrected chi connectivity index (χ2v) is 29.4. The van der Waals surface area contributed by atoms with Crippen LogP contribution in [0.4, 0.5) is 0 Å². The van der Waals surface area contributed by atoms with Gasteiger partial charge >= 0.3 is 0 Å². The van der Waals surface area contributed by atoms with Crippen LogP contribution < -0.4 is 21.3 Å². The molecule has 98 heavy (non-hydrogen) atoms. The van der Waals surface area contributed by atoms with Gasteiger partial charge in [-0.05, 0) is 135 Å². The molecule has 0 aliphatic carbocycles. The van der Waals surface area contributed by atoms with Gasteiger partial charge in [-0.3, -0.25) is 57.5 Å². The standard InChI is InChI=1S/C73H107IN12O12/c1-18-48(7)64-71(97)81(13)43-62(89)79(11)44-63(90)83(15)58(39-50-31-29-47(6)30-32-50)69(95)80(12)42-60(87)75-54(38-51-26-24-28-53(74)37-51)65(91)76-56(40-52-27-21-20-25-49(52)8)68(94)85(17)73(9,10)72(98)77-55(35-45(2)3)67(93)84(16)59(70(96)86-33-22-19-23-34-86)41-61(88)82(14)57(36-46(4)5)66(92)78-64/h20-21,24-32,37,45-46,48,54-59,64H,18-19,22-23,33-36,38-44H2,1-17H3,(H,75,87)(H,76,91)(H,77,98)(H,78,92)/t48-,54-,55-,56-,57-,58-,59?,64-/m0/s1. The summed E-state index contributed by atoms with van der Waals surface area (Å²) < 4.78 is 0.840. The normalized spacial score (nSPS) is 23.4. The van der Waals surface area contributed by atoms with Crippen LogP contribution in [0.1, 0.15) is 128 Å². The Morgan fingerprint density at radius 2 is 1.15 bits per heavy atom. The molecular formula is C73H107IN12O12. The van der Waals surface area contributed by atoms with E-state index in [-0.39, 0.29) is 43.9 Å². The van der Waals surface area contributed by atoms with Crippen LogP contribution in [0, 0.1) is 35.2 Å². The Morgan fingerprint density at radius 1 is 0.551 bits per heavy atom. The first kappa shape index (κ1) is 80.7. The van der Waals surface area contributed by atoms with Crippen molar-refractivity contribution in [2.24, 2.45) is 17.8 Å². The average molecular weight is 1470 g/mol. The van der Waals surface area contributed by atoms with E-state index < -0.39 is 151 Å². The summed E-state index contributed by atoms with van der Waals surface area (Å²) in [6.07, 6.45) is 2.19. The van der Waals surface area contributed by atoms with Crippen LogP contribution in [0.25, 0.3) is 0 Å². The lowest BCUT2D eigenvalue weighted by Crippen LogP contribution is -2.64. The average Bonchev–Trinajstić information content (AvgIpc) is 0.807. The van der Waals surface area contributed by atoms with Gasteiger partial charge in [0.1, 0.15) is 47.8 Å². The Kier molecular flexibility index (Phi) is 30.3. The van der Waals surface area contributed by atoms with Crippen molar-refractivity contribution in [3.8, 4) is 0 Å². The van der Waals surface area contributed by atoms with E-state index in [9.17, 15) is 38.4 Å². The lowest BCUT2D eigenvalue weighted by Gasteiger charge is -2.39. The highest BCUT2D eigenvalue weighted by molar-refractivity contribution is 14.1. The molecule has 2 aliphatic heterocycles. The number of hydrogen-bond donors (Lipinski definition) is 4. The molecule has 0 bridgehead atoms. The van der Waals surface area contributed by atoms with E-state index in [1.54, 1.807) is 30.0 Å². The summed E-state index contributed by atoms with van der Waals surface area (Å²) in [6.45, 7) is 16.9. The van der Waals surface area contributed by atoms with Crippen LogP contribution in [0.15, 0.2) is 72.8 Å². The van der Waals surface area contributed by atoms with E-state index in [0.29, 0.717) is 49.0 Å². The van der Waals surface area contributed by atoms with E-state index in [1.807, 2.05) is 103 Å². The van der Waals surface area contributed by atoms with Crippen LogP contribution in [-0.2, 0) is 76.8 Å². The molecule has 0 spiro atoms. The highest BCUT2D eigenvalue weighted by Gasteiger charge is 2.44. The third-order valence-corrected chi connectivity index (χ3v) is 19.8. The molecule has 538 valence electrons. The van der Waals surface area contributed by atoms with Gasteiger partial charge < -0.3 is 60.5 Å². The van der Waals surface area contributed by atoms with Crippen molar-refractivity contribution in [2.75, 3.05) is 82.1 Å². The van der Waals surface area contributed by atoms with Gasteiger partial charge in [-0.25, -0.2) is 0 Å². The minimum Gasteiger partial charge on any atom is -0.342 e. The van der Waals surface area contributed by atoms with Gasteiger partial charge in [0.2, 0.25) is 70.9 Å². The van der Waals surface area contributed by atoms with Crippen molar-refractivity contribution in [3.63, 3.8) is 0 Å². The van der Waals surface area contributed by atoms with E-state index >= 15 is 19.2 Å². The molecule has 2 saturated heterocycles. The number of likely N-dealkylation sites (N-methyl/N-ethyl adjacent to an activating group) is 7. The number of amides is 12. The summed E-state index contributed by atoms with van der Waals surface area (Å²) in [5.41, 5.74) is 2.04. The number of halogens is 1. The third kappa shape index (κ3) is 22.3. The Labute approximate surface area is 593 Å². The van der Waals surface area contributed by atoms with Crippen molar-refractivity contribution in [3.05, 3.63) is 104 Å². The van der Waals surface area contributed by atoms with E-state index in [0.717, 1.165) is 35.8 Å². The van der Waals surface area contributed by atoms with Crippen LogP contribution in [0.3, 0.4) is 0 Å². The maximum atomic E-state index is 15.3. The van der Waals surface area contributed by atoms with E-state index in [4.69, 9.17) is 0 Å². The largest absolute Gasteiger partial charge is 0.342 e. The monoisotopic (exact) mass is 1470 g/mol. The molecule has 24 nitrogen and oxygen atoms in total. The molecule has 25 heteroatoms. The molecule has 2 aliphatic rings. The lowest BCUT2D eigenvalue weighted by atomic mass is 9.95. The maximum Gasteiger partial charge on any atom is 0.246 e. The van der Waals surface area contributed by atoms with Gasteiger partial charge in [-0.1, -0.05) is 114 Å². The van der Waals surface area contributed by atoms with Gasteiger partial charge in [0, 0.05) is 85.3 Å². The number of rotatable bonds is 13. The zero-order valence-electron chi connectivity index (χ0n) is 60.7.